The van der Waals surface area contributed by atoms with Crippen molar-refractivity contribution in [1.82, 2.24) is 14.7 Å². The van der Waals surface area contributed by atoms with E-state index in [1.54, 1.807) is 6.07 Å². The number of aromatic nitrogens is 2. The van der Waals surface area contributed by atoms with Gasteiger partial charge in [-0.3, -0.25) is 4.79 Å². The summed E-state index contributed by atoms with van der Waals surface area (Å²) in [6.07, 6.45) is 2.22. The molecule has 1 amide bonds. The molecule has 1 aliphatic rings. The van der Waals surface area contributed by atoms with E-state index >= 15 is 0 Å². The molecule has 0 bridgehead atoms. The number of fused-ring (bicyclic) bond motifs is 3. The first kappa shape index (κ1) is 14.9. The topological polar surface area (TPSA) is 46.4 Å². The van der Waals surface area contributed by atoms with Crippen LogP contribution in [-0.2, 0) is 11.3 Å². The van der Waals surface area contributed by atoms with Crippen molar-refractivity contribution in [3.8, 4) is 0 Å². The van der Waals surface area contributed by atoms with Crippen molar-refractivity contribution < 1.29 is 9.18 Å². The largest absolute Gasteiger partial charge is 0.350 e. The number of aryl methyl sites for hydroxylation is 2. The molecule has 2 aromatic heterocycles. The van der Waals surface area contributed by atoms with Crippen molar-refractivity contribution in [3.63, 3.8) is 0 Å². The molecule has 1 aliphatic heterocycles. The molecule has 0 spiro atoms. The van der Waals surface area contributed by atoms with Crippen molar-refractivity contribution in [2.24, 2.45) is 0 Å². The molecular formula is C19H18FN3O. The number of carbonyl (C=O) groups is 1. The van der Waals surface area contributed by atoms with Gasteiger partial charge in [0.25, 0.3) is 0 Å². The molecule has 122 valence electrons. The second kappa shape index (κ2) is 5.44. The maximum atomic E-state index is 14.5. The lowest BCUT2D eigenvalue weighted by atomic mass is 9.90. The average Bonchev–Trinajstić information content (AvgIpc) is 2.82. The molecule has 5 heteroatoms. The maximum absolute atomic E-state index is 14.5. The van der Waals surface area contributed by atoms with Crippen LogP contribution in [0, 0.1) is 19.7 Å². The Kier molecular flexibility index (Phi) is 3.37. The third-order valence-electron chi connectivity index (χ3n) is 4.58. The molecule has 1 aromatic carbocycles. The van der Waals surface area contributed by atoms with Gasteiger partial charge in [-0.05, 0) is 37.1 Å². The van der Waals surface area contributed by atoms with Gasteiger partial charge in [-0.2, -0.15) is 0 Å². The first-order chi connectivity index (χ1) is 11.5. The standard InChI is InChI=1S/C19H18FN3O/c1-11-3-5-15(20)13(7-11)14-8-18(24)21-9-16-19(14)23-10-12(2)4-6-17(23)22-16/h3-7,10,14H,8-9H2,1-2H3,(H,21,24)/t14-/m1/s1. The molecule has 3 aromatic rings. The van der Waals surface area contributed by atoms with Crippen molar-refractivity contribution in [3.05, 3.63) is 70.4 Å². The molecule has 0 saturated heterocycles. The number of hydrogen-bond acceptors (Lipinski definition) is 2. The predicted octanol–water partition coefficient (Wildman–Crippen LogP) is 3.24. The molecule has 4 rings (SSSR count). The SMILES string of the molecule is Cc1ccc(F)c([C@H]2CC(=O)NCc3nc4ccc(C)cn4c32)c1. The van der Waals surface area contributed by atoms with Gasteiger partial charge in [0.05, 0.1) is 17.9 Å². The molecule has 4 nitrogen and oxygen atoms in total. The Bertz CT molecular complexity index is 961. The van der Waals surface area contributed by atoms with E-state index in [1.807, 2.05) is 42.6 Å². The molecule has 1 N–H and O–H groups in total. The molecule has 3 heterocycles. The number of benzene rings is 1. The second-order valence-corrected chi connectivity index (χ2v) is 6.44. The summed E-state index contributed by atoms with van der Waals surface area (Å²) in [5.74, 6) is -0.714. The number of pyridine rings is 1. The first-order valence-corrected chi connectivity index (χ1v) is 8.03. The highest BCUT2D eigenvalue weighted by Crippen LogP contribution is 2.35. The van der Waals surface area contributed by atoms with Crippen LogP contribution in [-0.4, -0.2) is 15.3 Å². The van der Waals surface area contributed by atoms with Gasteiger partial charge in [0, 0.05) is 18.5 Å². The van der Waals surface area contributed by atoms with E-state index in [9.17, 15) is 9.18 Å². The quantitative estimate of drug-likeness (QED) is 0.747. The van der Waals surface area contributed by atoms with E-state index < -0.39 is 0 Å². The van der Waals surface area contributed by atoms with Crippen molar-refractivity contribution in [1.29, 1.82) is 0 Å². The van der Waals surface area contributed by atoms with E-state index in [2.05, 4.69) is 10.3 Å². The lowest BCUT2D eigenvalue weighted by Gasteiger charge is -2.17. The van der Waals surface area contributed by atoms with E-state index in [0.29, 0.717) is 12.1 Å². The van der Waals surface area contributed by atoms with Crippen LogP contribution >= 0.6 is 0 Å². The monoisotopic (exact) mass is 323 g/mol. The second-order valence-electron chi connectivity index (χ2n) is 6.44. The number of carbonyl (C=O) groups excluding carboxylic acids is 1. The Morgan fingerprint density at radius 2 is 2.00 bits per heavy atom. The van der Waals surface area contributed by atoms with Crippen LogP contribution in [0.25, 0.3) is 5.65 Å². The Balaban J connectivity index is 2.00. The first-order valence-electron chi connectivity index (χ1n) is 8.03. The van der Waals surface area contributed by atoms with Crippen LogP contribution in [0.5, 0.6) is 0 Å². The summed E-state index contributed by atoms with van der Waals surface area (Å²) in [7, 11) is 0. The number of nitrogens with one attached hydrogen (secondary N) is 1. The van der Waals surface area contributed by atoms with Crippen molar-refractivity contribution in [2.45, 2.75) is 32.7 Å². The van der Waals surface area contributed by atoms with Crippen LogP contribution in [0.15, 0.2) is 36.5 Å². The fourth-order valence-corrected chi connectivity index (χ4v) is 3.44. The van der Waals surface area contributed by atoms with E-state index in [-0.39, 0.29) is 24.1 Å². The highest BCUT2D eigenvalue weighted by molar-refractivity contribution is 5.78. The molecule has 0 fully saturated rings. The third kappa shape index (κ3) is 2.37. The Morgan fingerprint density at radius 3 is 2.83 bits per heavy atom. The van der Waals surface area contributed by atoms with Gasteiger partial charge in [-0.15, -0.1) is 0 Å². The summed E-state index contributed by atoms with van der Waals surface area (Å²) in [4.78, 5) is 16.8. The molecule has 0 aliphatic carbocycles. The Hall–Kier alpha value is -2.69. The van der Waals surface area contributed by atoms with Gasteiger partial charge in [0.2, 0.25) is 5.91 Å². The summed E-state index contributed by atoms with van der Waals surface area (Å²) in [6.45, 7) is 4.31. The summed E-state index contributed by atoms with van der Waals surface area (Å²) >= 11 is 0. The number of nitrogens with zero attached hydrogens (tertiary/aromatic N) is 2. The molecule has 1 atom stereocenters. The number of imidazole rings is 1. The molecule has 24 heavy (non-hydrogen) atoms. The zero-order valence-corrected chi connectivity index (χ0v) is 13.6. The van der Waals surface area contributed by atoms with Gasteiger partial charge in [0.1, 0.15) is 11.5 Å². The number of hydrogen-bond donors (Lipinski definition) is 1. The number of amides is 1. The van der Waals surface area contributed by atoms with Gasteiger partial charge in [-0.1, -0.05) is 23.8 Å². The van der Waals surface area contributed by atoms with E-state index in [0.717, 1.165) is 28.2 Å². The third-order valence-corrected chi connectivity index (χ3v) is 4.58. The smallest absolute Gasteiger partial charge is 0.221 e. The van der Waals surface area contributed by atoms with Gasteiger partial charge in [0.15, 0.2) is 0 Å². The normalized spacial score (nSPS) is 17.5. The number of rotatable bonds is 1. The van der Waals surface area contributed by atoms with Crippen LogP contribution in [0.4, 0.5) is 4.39 Å². The lowest BCUT2D eigenvalue weighted by Crippen LogP contribution is -2.21. The minimum Gasteiger partial charge on any atom is -0.350 e. The molecular weight excluding hydrogens is 305 g/mol. The van der Waals surface area contributed by atoms with E-state index in [4.69, 9.17) is 0 Å². The zero-order chi connectivity index (χ0) is 16.8. The van der Waals surface area contributed by atoms with Gasteiger partial charge in [-0.25, -0.2) is 9.37 Å². The minimum atomic E-state index is -0.348. The zero-order valence-electron chi connectivity index (χ0n) is 13.6. The molecule has 0 saturated carbocycles. The molecule has 0 radical (unpaired) electrons. The van der Waals surface area contributed by atoms with Crippen molar-refractivity contribution >= 4 is 11.6 Å². The van der Waals surface area contributed by atoms with Crippen LogP contribution < -0.4 is 5.32 Å². The summed E-state index contributed by atoms with van der Waals surface area (Å²) in [5, 5.41) is 2.87. The lowest BCUT2D eigenvalue weighted by molar-refractivity contribution is -0.121. The number of halogens is 1. The fraction of sp³-hybridized carbons (Fsp3) is 0.263. The van der Waals surface area contributed by atoms with Crippen molar-refractivity contribution in [2.75, 3.05) is 0 Å². The summed E-state index contributed by atoms with van der Waals surface area (Å²) < 4.78 is 16.5. The summed E-state index contributed by atoms with van der Waals surface area (Å²) in [6, 6.07) is 9.01. The van der Waals surface area contributed by atoms with Gasteiger partial charge >= 0.3 is 0 Å². The maximum Gasteiger partial charge on any atom is 0.221 e. The summed E-state index contributed by atoms with van der Waals surface area (Å²) in [5.41, 5.74) is 5.14. The average molecular weight is 323 g/mol. The van der Waals surface area contributed by atoms with Gasteiger partial charge < -0.3 is 9.72 Å². The Labute approximate surface area is 139 Å². The van der Waals surface area contributed by atoms with Crippen LogP contribution in [0.3, 0.4) is 0 Å². The highest BCUT2D eigenvalue weighted by atomic mass is 19.1. The molecule has 0 unspecified atom stereocenters. The van der Waals surface area contributed by atoms with E-state index in [1.165, 1.54) is 6.07 Å². The van der Waals surface area contributed by atoms with Crippen LogP contribution in [0.2, 0.25) is 0 Å². The minimum absolute atomic E-state index is 0.0830. The fourth-order valence-electron chi connectivity index (χ4n) is 3.44. The Morgan fingerprint density at radius 1 is 1.21 bits per heavy atom. The highest BCUT2D eigenvalue weighted by Gasteiger charge is 2.30. The van der Waals surface area contributed by atoms with Crippen LogP contribution in [0.1, 0.15) is 40.4 Å². The predicted molar refractivity (Wildman–Crippen MR) is 89.4 cm³/mol.